The molecule has 1 atom stereocenters. The van der Waals surface area contributed by atoms with E-state index in [9.17, 15) is 14.0 Å². The van der Waals surface area contributed by atoms with E-state index in [0.29, 0.717) is 37.8 Å². The van der Waals surface area contributed by atoms with Crippen LogP contribution in [-0.2, 0) is 9.59 Å². The molecule has 7 heteroatoms. The van der Waals surface area contributed by atoms with Crippen molar-refractivity contribution in [2.45, 2.75) is 32.7 Å². The first-order valence-corrected chi connectivity index (χ1v) is 10.6. The fourth-order valence-corrected chi connectivity index (χ4v) is 3.64. The molecule has 2 amide bonds. The Balaban J connectivity index is 1.47. The Hall–Kier alpha value is -2.93. The van der Waals surface area contributed by atoms with Gasteiger partial charge in [-0.1, -0.05) is 32.0 Å². The zero-order chi connectivity index (χ0) is 22.4. The first-order chi connectivity index (χ1) is 14.8. The van der Waals surface area contributed by atoms with Crippen molar-refractivity contribution in [2.75, 3.05) is 38.1 Å². The number of piperazine rings is 1. The Kier molecular flexibility index (Phi) is 7.63. The van der Waals surface area contributed by atoms with Crippen LogP contribution in [0.15, 0.2) is 48.5 Å². The van der Waals surface area contributed by atoms with Crippen LogP contribution < -0.4 is 10.1 Å². The van der Waals surface area contributed by atoms with Crippen molar-refractivity contribution in [1.29, 1.82) is 0 Å². The molecule has 0 aliphatic carbocycles. The monoisotopic (exact) mass is 427 g/mol. The number of nitrogens with one attached hydrogen (secondary N) is 1. The lowest BCUT2D eigenvalue weighted by atomic mass is 10.0. The van der Waals surface area contributed by atoms with Crippen LogP contribution in [0.5, 0.6) is 5.75 Å². The van der Waals surface area contributed by atoms with Gasteiger partial charge in [0.15, 0.2) is 6.61 Å². The summed E-state index contributed by atoms with van der Waals surface area (Å²) in [7, 11) is 0. The van der Waals surface area contributed by atoms with Gasteiger partial charge in [0.2, 0.25) is 5.91 Å². The number of halogens is 1. The molecule has 0 saturated carbocycles. The van der Waals surface area contributed by atoms with Gasteiger partial charge in [0.1, 0.15) is 11.6 Å². The number of hydrogen-bond acceptors (Lipinski definition) is 4. The maximum Gasteiger partial charge on any atom is 0.260 e. The van der Waals surface area contributed by atoms with Crippen LogP contribution in [-0.4, -0.2) is 60.4 Å². The third-order valence-corrected chi connectivity index (χ3v) is 5.61. The molecular formula is C24H30FN3O3. The van der Waals surface area contributed by atoms with Gasteiger partial charge in [0.05, 0.1) is 6.04 Å². The third-order valence-electron chi connectivity index (χ3n) is 5.61. The van der Waals surface area contributed by atoms with Crippen molar-refractivity contribution in [1.82, 2.24) is 9.80 Å². The van der Waals surface area contributed by atoms with Gasteiger partial charge in [-0.2, -0.15) is 0 Å². The minimum absolute atomic E-state index is 0.0486. The molecule has 0 radical (unpaired) electrons. The van der Waals surface area contributed by atoms with E-state index in [2.05, 4.69) is 24.1 Å². The summed E-state index contributed by atoms with van der Waals surface area (Å²) in [6.07, 6.45) is 0. The Bertz CT molecular complexity index is 893. The second kappa shape index (κ2) is 10.4. The molecule has 166 valence electrons. The summed E-state index contributed by atoms with van der Waals surface area (Å²) in [5, 5.41) is 3.06. The molecule has 1 aliphatic rings. The van der Waals surface area contributed by atoms with Gasteiger partial charge in [0.25, 0.3) is 5.91 Å². The van der Waals surface area contributed by atoms with Crippen molar-refractivity contribution in [2.24, 2.45) is 0 Å². The SMILES string of the molecule is CC(C)c1ccccc1NC(=O)C(C)N1CCN(C(=O)COc2ccc(F)cc2)CC1. The molecule has 6 nitrogen and oxygen atoms in total. The van der Waals surface area contributed by atoms with Gasteiger partial charge in [-0.05, 0) is 48.7 Å². The van der Waals surface area contributed by atoms with E-state index in [1.54, 1.807) is 4.90 Å². The van der Waals surface area contributed by atoms with E-state index >= 15 is 0 Å². The molecule has 1 saturated heterocycles. The summed E-state index contributed by atoms with van der Waals surface area (Å²) < 4.78 is 18.4. The molecule has 3 rings (SSSR count). The maximum atomic E-state index is 12.9. The first-order valence-electron chi connectivity index (χ1n) is 10.6. The fourth-order valence-electron chi connectivity index (χ4n) is 3.64. The summed E-state index contributed by atoms with van der Waals surface area (Å²) in [6, 6.07) is 13.1. The lowest BCUT2D eigenvalue weighted by molar-refractivity contribution is -0.135. The summed E-state index contributed by atoms with van der Waals surface area (Å²) in [5.74, 6) is 0.263. The Morgan fingerprint density at radius 1 is 1.00 bits per heavy atom. The number of benzene rings is 2. The van der Waals surface area contributed by atoms with E-state index in [1.807, 2.05) is 31.2 Å². The molecule has 1 fully saturated rings. The van der Waals surface area contributed by atoms with Crippen LogP contribution >= 0.6 is 0 Å². The van der Waals surface area contributed by atoms with Crippen LogP contribution in [0.4, 0.5) is 10.1 Å². The van der Waals surface area contributed by atoms with Crippen LogP contribution in [0.3, 0.4) is 0 Å². The van der Waals surface area contributed by atoms with E-state index in [-0.39, 0.29) is 30.3 Å². The van der Waals surface area contributed by atoms with Crippen molar-refractivity contribution in [3.8, 4) is 5.75 Å². The number of amides is 2. The van der Waals surface area contributed by atoms with Gasteiger partial charge >= 0.3 is 0 Å². The normalized spacial score (nSPS) is 15.6. The summed E-state index contributed by atoms with van der Waals surface area (Å²) in [5.41, 5.74) is 1.96. The Labute approximate surface area is 183 Å². The minimum Gasteiger partial charge on any atom is -0.484 e. The third kappa shape index (κ3) is 6.04. The van der Waals surface area contributed by atoms with Gasteiger partial charge in [-0.15, -0.1) is 0 Å². The van der Waals surface area contributed by atoms with Crippen LogP contribution in [0.2, 0.25) is 0 Å². The zero-order valence-corrected chi connectivity index (χ0v) is 18.3. The van der Waals surface area contributed by atoms with E-state index < -0.39 is 0 Å². The molecule has 31 heavy (non-hydrogen) atoms. The standard InChI is InChI=1S/C24H30FN3O3/c1-17(2)21-6-4-5-7-22(21)26-24(30)18(3)27-12-14-28(15-13-27)23(29)16-31-20-10-8-19(25)9-11-20/h4-11,17-18H,12-16H2,1-3H3,(H,26,30). The lowest BCUT2D eigenvalue weighted by Crippen LogP contribution is -2.54. The van der Waals surface area contributed by atoms with E-state index in [4.69, 9.17) is 4.74 Å². The predicted octanol–water partition coefficient (Wildman–Crippen LogP) is 3.50. The number of anilines is 1. The minimum atomic E-state index is -0.347. The highest BCUT2D eigenvalue weighted by Gasteiger charge is 2.28. The molecular weight excluding hydrogens is 397 g/mol. The average Bonchev–Trinajstić information content (AvgIpc) is 2.78. The van der Waals surface area contributed by atoms with E-state index in [0.717, 1.165) is 11.3 Å². The fraction of sp³-hybridized carbons (Fsp3) is 0.417. The number of nitrogens with zero attached hydrogens (tertiary/aromatic N) is 2. The highest BCUT2D eigenvalue weighted by molar-refractivity contribution is 5.95. The van der Waals surface area contributed by atoms with Crippen molar-refractivity contribution >= 4 is 17.5 Å². The molecule has 0 aromatic heterocycles. The summed E-state index contributed by atoms with van der Waals surface area (Å²) in [4.78, 5) is 29.0. The van der Waals surface area contributed by atoms with Gasteiger partial charge < -0.3 is 15.0 Å². The largest absolute Gasteiger partial charge is 0.484 e. The Morgan fingerprint density at radius 2 is 1.65 bits per heavy atom. The molecule has 1 aliphatic heterocycles. The number of ether oxygens (including phenoxy) is 1. The maximum absolute atomic E-state index is 12.9. The molecule has 2 aromatic rings. The Morgan fingerprint density at radius 3 is 2.29 bits per heavy atom. The van der Waals surface area contributed by atoms with Crippen molar-refractivity contribution in [3.63, 3.8) is 0 Å². The predicted molar refractivity (Wildman–Crippen MR) is 119 cm³/mol. The molecule has 0 spiro atoms. The molecule has 1 unspecified atom stereocenters. The molecule has 2 aromatic carbocycles. The topological polar surface area (TPSA) is 61.9 Å². The second-order valence-corrected chi connectivity index (χ2v) is 8.07. The number of para-hydroxylation sites is 1. The number of rotatable bonds is 7. The van der Waals surface area contributed by atoms with E-state index in [1.165, 1.54) is 24.3 Å². The highest BCUT2D eigenvalue weighted by atomic mass is 19.1. The number of carbonyl (C=O) groups excluding carboxylic acids is 2. The quantitative estimate of drug-likeness (QED) is 0.735. The second-order valence-electron chi connectivity index (χ2n) is 8.07. The lowest BCUT2D eigenvalue weighted by Gasteiger charge is -2.37. The van der Waals surface area contributed by atoms with Crippen LogP contribution in [0.1, 0.15) is 32.3 Å². The summed E-state index contributed by atoms with van der Waals surface area (Å²) >= 11 is 0. The first kappa shape index (κ1) is 22.7. The zero-order valence-electron chi connectivity index (χ0n) is 18.3. The van der Waals surface area contributed by atoms with Crippen molar-refractivity contribution < 1.29 is 18.7 Å². The van der Waals surface area contributed by atoms with Crippen molar-refractivity contribution in [3.05, 3.63) is 59.9 Å². The molecule has 0 bridgehead atoms. The number of carbonyl (C=O) groups is 2. The van der Waals surface area contributed by atoms with Crippen LogP contribution in [0, 0.1) is 5.82 Å². The van der Waals surface area contributed by atoms with Gasteiger partial charge in [0, 0.05) is 31.9 Å². The molecule has 1 N–H and O–H groups in total. The highest BCUT2D eigenvalue weighted by Crippen LogP contribution is 2.24. The van der Waals surface area contributed by atoms with Crippen LogP contribution in [0.25, 0.3) is 0 Å². The average molecular weight is 428 g/mol. The molecule has 1 heterocycles. The van der Waals surface area contributed by atoms with Gasteiger partial charge in [-0.25, -0.2) is 4.39 Å². The summed E-state index contributed by atoms with van der Waals surface area (Å²) in [6.45, 7) is 8.30. The number of hydrogen-bond donors (Lipinski definition) is 1. The smallest absolute Gasteiger partial charge is 0.260 e. The van der Waals surface area contributed by atoms with Gasteiger partial charge in [-0.3, -0.25) is 14.5 Å².